The Kier molecular flexibility index (Phi) is 4.43. The summed E-state index contributed by atoms with van der Waals surface area (Å²) < 4.78 is 14.7. The van der Waals surface area contributed by atoms with Gasteiger partial charge in [0.15, 0.2) is 0 Å². The molecule has 24 heavy (non-hydrogen) atoms. The lowest BCUT2D eigenvalue weighted by Gasteiger charge is -2.04. The van der Waals surface area contributed by atoms with Crippen molar-refractivity contribution in [1.82, 2.24) is 4.68 Å². The van der Waals surface area contributed by atoms with Crippen LogP contribution in [0.25, 0.3) is 11.3 Å². The zero-order valence-corrected chi connectivity index (χ0v) is 13.5. The molecule has 0 saturated heterocycles. The van der Waals surface area contributed by atoms with Gasteiger partial charge >= 0.3 is 0 Å². The summed E-state index contributed by atoms with van der Waals surface area (Å²) in [6.07, 6.45) is 1.48. The Bertz CT molecular complexity index is 959. The summed E-state index contributed by atoms with van der Waals surface area (Å²) in [4.78, 5) is 4.83. The highest BCUT2D eigenvalue weighted by Crippen LogP contribution is 2.22. The van der Waals surface area contributed by atoms with Crippen molar-refractivity contribution < 1.29 is 14.6 Å². The van der Waals surface area contributed by atoms with Crippen LogP contribution >= 0.6 is 11.3 Å². The molecular weight excluding hydrogens is 329 g/mol. The van der Waals surface area contributed by atoms with Crippen LogP contribution in [0.2, 0.25) is 0 Å². The Labute approximate surface area is 141 Å². The van der Waals surface area contributed by atoms with E-state index in [1.165, 1.54) is 41.8 Å². The van der Waals surface area contributed by atoms with Crippen LogP contribution in [0.15, 0.2) is 57.9 Å². The van der Waals surface area contributed by atoms with Crippen molar-refractivity contribution in [2.24, 2.45) is 10.1 Å². The number of thiazole rings is 1. The second-order valence-electron chi connectivity index (χ2n) is 4.93. The molecule has 0 aliphatic rings. The van der Waals surface area contributed by atoms with Crippen molar-refractivity contribution in [1.29, 1.82) is 0 Å². The number of hydrogen-bond donors (Lipinski definition) is 2. The number of aromatic nitrogens is 1. The van der Waals surface area contributed by atoms with Crippen molar-refractivity contribution in [3.63, 3.8) is 0 Å². The zero-order valence-electron chi connectivity index (χ0n) is 12.7. The summed E-state index contributed by atoms with van der Waals surface area (Å²) in [5.41, 5.74) is 2.02. The molecular formula is C17H14FN3O2S. The molecule has 0 aliphatic heterocycles. The average molecular weight is 343 g/mol. The van der Waals surface area contributed by atoms with Crippen LogP contribution in [0.4, 0.5) is 4.39 Å². The Morgan fingerprint density at radius 3 is 2.54 bits per heavy atom. The van der Waals surface area contributed by atoms with E-state index in [2.05, 4.69) is 10.1 Å². The zero-order chi connectivity index (χ0) is 17.1. The van der Waals surface area contributed by atoms with Gasteiger partial charge in [0.05, 0.1) is 11.9 Å². The summed E-state index contributed by atoms with van der Waals surface area (Å²) in [5.74, 6) is -0.407. The highest BCUT2D eigenvalue weighted by molar-refractivity contribution is 7.07. The van der Waals surface area contributed by atoms with Gasteiger partial charge in [0.1, 0.15) is 17.3 Å². The van der Waals surface area contributed by atoms with E-state index in [4.69, 9.17) is 0 Å². The number of benzene rings is 2. The minimum absolute atomic E-state index is 0.0240. The smallest absolute Gasteiger partial charge is 0.205 e. The SMILES string of the molecule is CN=c1scc(-c2ccc(F)cc2)n1N=Cc1ccc(O)cc1O. The molecule has 7 heteroatoms. The van der Waals surface area contributed by atoms with Crippen LogP contribution < -0.4 is 4.80 Å². The molecule has 5 nitrogen and oxygen atoms in total. The first-order chi connectivity index (χ1) is 11.6. The topological polar surface area (TPSA) is 70.1 Å². The fraction of sp³-hybridized carbons (Fsp3) is 0.0588. The highest BCUT2D eigenvalue weighted by atomic mass is 32.1. The fourth-order valence-electron chi connectivity index (χ4n) is 2.14. The first-order valence-corrected chi connectivity index (χ1v) is 7.92. The molecule has 0 radical (unpaired) electrons. The van der Waals surface area contributed by atoms with Crippen LogP contribution in [0.3, 0.4) is 0 Å². The first kappa shape index (κ1) is 15.9. The predicted molar refractivity (Wildman–Crippen MR) is 92.0 cm³/mol. The second kappa shape index (κ2) is 6.67. The van der Waals surface area contributed by atoms with Crippen LogP contribution in [-0.4, -0.2) is 28.2 Å². The molecule has 1 aromatic heterocycles. The second-order valence-corrected chi connectivity index (χ2v) is 5.77. The van der Waals surface area contributed by atoms with Crippen molar-refractivity contribution >= 4 is 17.6 Å². The maximum absolute atomic E-state index is 13.1. The average Bonchev–Trinajstić information content (AvgIpc) is 2.97. The highest BCUT2D eigenvalue weighted by Gasteiger charge is 2.07. The van der Waals surface area contributed by atoms with Crippen LogP contribution in [0.1, 0.15) is 5.56 Å². The largest absolute Gasteiger partial charge is 0.508 e. The maximum Gasteiger partial charge on any atom is 0.205 e. The van der Waals surface area contributed by atoms with E-state index in [1.54, 1.807) is 29.9 Å². The number of phenolic OH excluding ortho intramolecular Hbond substituents is 2. The van der Waals surface area contributed by atoms with Gasteiger partial charge in [-0.25, -0.2) is 9.07 Å². The Hall–Kier alpha value is -2.93. The van der Waals surface area contributed by atoms with E-state index < -0.39 is 0 Å². The number of halogens is 1. The summed E-state index contributed by atoms with van der Waals surface area (Å²) in [6, 6.07) is 10.4. The lowest BCUT2D eigenvalue weighted by Crippen LogP contribution is -2.11. The maximum atomic E-state index is 13.1. The van der Waals surface area contributed by atoms with Gasteiger partial charge in [0.25, 0.3) is 0 Å². The van der Waals surface area contributed by atoms with E-state index in [0.717, 1.165) is 11.3 Å². The van der Waals surface area contributed by atoms with Crippen molar-refractivity contribution in [3.05, 3.63) is 64.0 Å². The number of hydrogen-bond acceptors (Lipinski definition) is 5. The number of aromatic hydroxyl groups is 2. The van der Waals surface area contributed by atoms with Crippen LogP contribution in [-0.2, 0) is 0 Å². The number of nitrogens with zero attached hydrogens (tertiary/aromatic N) is 3. The van der Waals surface area contributed by atoms with E-state index in [9.17, 15) is 14.6 Å². The molecule has 2 N–H and O–H groups in total. The molecule has 1 heterocycles. The van der Waals surface area contributed by atoms with Crippen molar-refractivity contribution in [2.45, 2.75) is 0 Å². The van der Waals surface area contributed by atoms with Gasteiger partial charge in [-0.1, -0.05) is 0 Å². The third kappa shape index (κ3) is 3.21. The number of phenols is 2. The summed E-state index contributed by atoms with van der Waals surface area (Å²) >= 11 is 1.40. The molecule has 0 atom stereocenters. The Morgan fingerprint density at radius 1 is 1.12 bits per heavy atom. The Morgan fingerprint density at radius 2 is 1.88 bits per heavy atom. The molecule has 122 valence electrons. The summed E-state index contributed by atoms with van der Waals surface area (Å²) in [5, 5.41) is 25.4. The molecule has 0 unspecified atom stereocenters. The van der Waals surface area contributed by atoms with Gasteiger partial charge in [-0.2, -0.15) is 5.10 Å². The van der Waals surface area contributed by atoms with E-state index in [0.29, 0.717) is 10.4 Å². The van der Waals surface area contributed by atoms with Gasteiger partial charge < -0.3 is 10.2 Å². The quantitative estimate of drug-likeness (QED) is 0.717. The van der Waals surface area contributed by atoms with Gasteiger partial charge in [-0.3, -0.25) is 4.99 Å². The van der Waals surface area contributed by atoms with Gasteiger partial charge in [0.2, 0.25) is 4.80 Å². The minimum Gasteiger partial charge on any atom is -0.508 e. The molecule has 0 saturated carbocycles. The van der Waals surface area contributed by atoms with Crippen LogP contribution in [0, 0.1) is 5.82 Å². The van der Waals surface area contributed by atoms with E-state index >= 15 is 0 Å². The third-order valence-corrected chi connectivity index (χ3v) is 4.25. The Balaban J connectivity index is 2.05. The van der Waals surface area contributed by atoms with Crippen LogP contribution in [0.5, 0.6) is 11.5 Å². The molecule has 0 aliphatic carbocycles. The fourth-order valence-corrected chi connectivity index (χ4v) is 2.95. The lowest BCUT2D eigenvalue weighted by atomic mass is 10.2. The molecule has 3 aromatic rings. The van der Waals surface area contributed by atoms with Crippen molar-refractivity contribution in [3.8, 4) is 22.8 Å². The summed E-state index contributed by atoms with van der Waals surface area (Å²) in [6.45, 7) is 0. The molecule has 0 amide bonds. The number of rotatable bonds is 3. The van der Waals surface area contributed by atoms with Crippen molar-refractivity contribution in [2.75, 3.05) is 7.05 Å². The standard InChI is InChI=1S/C17H14FN3O2S/c1-19-17-21(20-9-12-4-7-14(22)8-16(12)23)15(10-24-17)11-2-5-13(18)6-3-11/h2-10,22-23H,1H3. The molecule has 0 spiro atoms. The van der Waals surface area contributed by atoms with Gasteiger partial charge in [-0.05, 0) is 36.4 Å². The van der Waals surface area contributed by atoms with Gasteiger partial charge in [0, 0.05) is 29.6 Å². The van der Waals surface area contributed by atoms with Gasteiger partial charge in [-0.15, -0.1) is 11.3 Å². The predicted octanol–water partition coefficient (Wildman–Crippen LogP) is 3.18. The third-order valence-electron chi connectivity index (χ3n) is 3.34. The molecule has 0 fully saturated rings. The molecule has 2 aromatic carbocycles. The first-order valence-electron chi connectivity index (χ1n) is 7.04. The minimum atomic E-state index is -0.307. The summed E-state index contributed by atoms with van der Waals surface area (Å²) in [7, 11) is 1.66. The molecule has 0 bridgehead atoms. The monoisotopic (exact) mass is 343 g/mol. The molecule has 3 rings (SSSR count). The lowest BCUT2D eigenvalue weighted by molar-refractivity contribution is 0.450. The van der Waals surface area contributed by atoms with E-state index in [-0.39, 0.29) is 17.3 Å². The normalized spacial score (nSPS) is 12.2. The van der Waals surface area contributed by atoms with E-state index in [1.807, 2.05) is 5.38 Å².